The monoisotopic (exact) mass is 535 g/mol. The Balaban J connectivity index is 1.34. The number of alkyl halides is 3. The molecule has 6 nitrogen and oxygen atoms in total. The van der Waals surface area contributed by atoms with Crippen molar-refractivity contribution in [3.8, 4) is 22.6 Å². The lowest BCUT2D eigenvalue weighted by Gasteiger charge is -2.15. The molecular weight excluding hydrogens is 511 g/mol. The molecule has 1 unspecified atom stereocenters. The molecule has 1 atom stereocenters. The normalized spacial score (nSPS) is 11.9. The number of carbonyl (C=O) groups is 2. The molecular formula is C30H24F3NO5. The van der Waals surface area contributed by atoms with E-state index >= 15 is 0 Å². The highest BCUT2D eigenvalue weighted by molar-refractivity contribution is 5.96. The average Bonchev–Trinajstić information content (AvgIpc) is 2.92. The number of halogens is 3. The van der Waals surface area contributed by atoms with Gasteiger partial charge in [-0.15, -0.1) is 13.2 Å². The smallest absolute Gasteiger partial charge is 0.489 e. The summed E-state index contributed by atoms with van der Waals surface area (Å²) in [6.45, 7) is 0.379. The van der Waals surface area contributed by atoms with Crippen molar-refractivity contribution in [3.63, 3.8) is 0 Å². The average molecular weight is 536 g/mol. The number of hydrogen-bond donors (Lipinski definition) is 2. The number of hydrogen-bond acceptors (Lipinski definition) is 4. The molecule has 0 bridgehead atoms. The van der Waals surface area contributed by atoms with Crippen LogP contribution in [0.25, 0.3) is 11.1 Å². The third kappa shape index (κ3) is 8.10. The molecule has 0 fully saturated rings. The number of carboxylic acids is 1. The molecule has 0 spiro atoms. The highest BCUT2D eigenvalue weighted by Crippen LogP contribution is 2.27. The zero-order valence-electron chi connectivity index (χ0n) is 20.5. The third-order valence-electron chi connectivity index (χ3n) is 5.78. The molecule has 0 aromatic heterocycles. The van der Waals surface area contributed by atoms with Crippen LogP contribution in [0, 0.1) is 0 Å². The van der Waals surface area contributed by atoms with Gasteiger partial charge in [-0.2, -0.15) is 0 Å². The molecule has 0 aliphatic rings. The molecule has 0 aliphatic carbocycles. The summed E-state index contributed by atoms with van der Waals surface area (Å²) < 4.78 is 46.6. The van der Waals surface area contributed by atoms with Crippen LogP contribution in [0.15, 0.2) is 103 Å². The first-order valence-corrected chi connectivity index (χ1v) is 11.9. The van der Waals surface area contributed by atoms with Crippen LogP contribution in [0.3, 0.4) is 0 Å². The Kier molecular flexibility index (Phi) is 8.50. The van der Waals surface area contributed by atoms with Crippen LogP contribution < -0.4 is 14.8 Å². The van der Waals surface area contributed by atoms with Gasteiger partial charge in [-0.25, -0.2) is 4.79 Å². The second kappa shape index (κ2) is 12.2. The molecule has 200 valence electrons. The minimum atomic E-state index is -4.76. The summed E-state index contributed by atoms with van der Waals surface area (Å²) in [5.41, 5.74) is 3.35. The molecule has 39 heavy (non-hydrogen) atoms. The Morgan fingerprint density at radius 2 is 1.31 bits per heavy atom. The van der Waals surface area contributed by atoms with E-state index in [1.807, 2.05) is 30.3 Å². The van der Waals surface area contributed by atoms with Crippen LogP contribution in [0.4, 0.5) is 13.2 Å². The van der Waals surface area contributed by atoms with Gasteiger partial charge in [0.25, 0.3) is 5.91 Å². The number of nitrogens with one attached hydrogen (secondary N) is 1. The van der Waals surface area contributed by atoms with E-state index < -0.39 is 24.3 Å². The summed E-state index contributed by atoms with van der Waals surface area (Å²) in [4.78, 5) is 24.5. The molecule has 0 heterocycles. The van der Waals surface area contributed by atoms with Gasteiger partial charge in [0.05, 0.1) is 0 Å². The zero-order valence-corrected chi connectivity index (χ0v) is 20.5. The lowest BCUT2D eigenvalue weighted by molar-refractivity contribution is -0.274. The van der Waals surface area contributed by atoms with Gasteiger partial charge in [-0.05, 0) is 58.7 Å². The Hall–Kier alpha value is -4.79. The highest BCUT2D eigenvalue weighted by Gasteiger charge is 2.31. The maximum Gasteiger partial charge on any atom is 0.573 e. The summed E-state index contributed by atoms with van der Waals surface area (Å²) in [6, 6.07) is 27.2. The lowest BCUT2D eigenvalue weighted by atomic mass is 10.0. The van der Waals surface area contributed by atoms with Crippen molar-refractivity contribution in [1.29, 1.82) is 0 Å². The van der Waals surface area contributed by atoms with Crippen molar-refractivity contribution in [2.24, 2.45) is 0 Å². The summed E-state index contributed by atoms with van der Waals surface area (Å²) in [7, 11) is 0. The number of carbonyl (C=O) groups excluding carboxylic acids is 1. The summed E-state index contributed by atoms with van der Waals surface area (Å²) >= 11 is 0. The maximum absolute atomic E-state index is 12.7. The minimum absolute atomic E-state index is 0.0397. The Morgan fingerprint density at radius 1 is 0.744 bits per heavy atom. The number of rotatable bonds is 10. The van der Waals surface area contributed by atoms with Crippen molar-refractivity contribution in [3.05, 3.63) is 120 Å². The molecule has 0 aliphatic heterocycles. The summed E-state index contributed by atoms with van der Waals surface area (Å²) in [5.74, 6) is -1.46. The second-order valence-electron chi connectivity index (χ2n) is 8.64. The highest BCUT2D eigenvalue weighted by atomic mass is 19.4. The maximum atomic E-state index is 12.7. The van der Waals surface area contributed by atoms with Crippen molar-refractivity contribution in [2.75, 3.05) is 0 Å². The van der Waals surface area contributed by atoms with E-state index in [9.17, 15) is 27.9 Å². The number of ether oxygens (including phenoxy) is 2. The van der Waals surface area contributed by atoms with Crippen LogP contribution in [0.1, 0.15) is 21.5 Å². The van der Waals surface area contributed by atoms with Crippen molar-refractivity contribution >= 4 is 11.9 Å². The largest absolute Gasteiger partial charge is 0.573 e. The van der Waals surface area contributed by atoms with Gasteiger partial charge >= 0.3 is 12.3 Å². The minimum Gasteiger partial charge on any atom is -0.489 e. The van der Waals surface area contributed by atoms with E-state index in [-0.39, 0.29) is 12.2 Å². The fourth-order valence-electron chi connectivity index (χ4n) is 3.80. The van der Waals surface area contributed by atoms with E-state index in [1.165, 1.54) is 24.3 Å². The lowest BCUT2D eigenvalue weighted by Crippen LogP contribution is -2.42. The quantitative estimate of drug-likeness (QED) is 0.251. The van der Waals surface area contributed by atoms with E-state index in [2.05, 4.69) is 10.1 Å². The standard InChI is InChI=1S/C30H24F3NO5/c31-30(32,33)39-26-16-10-23(11-17-26)22-8-6-20(7-9-22)18-27(29(36)37)34-28(35)24-12-14-25(15-13-24)38-19-21-4-2-1-3-5-21/h1-17,27H,18-19H2,(H,34,35)(H,36,37). The number of carboxylic acid groups (broad SMARTS) is 1. The van der Waals surface area contributed by atoms with Gasteiger partial charge in [0.1, 0.15) is 24.1 Å². The number of aliphatic carboxylic acids is 1. The Labute approximate surface area is 222 Å². The SMILES string of the molecule is O=C(NC(Cc1ccc(-c2ccc(OC(F)(F)F)cc2)cc1)C(=O)O)c1ccc(OCc2ccccc2)cc1. The molecule has 4 rings (SSSR count). The van der Waals surface area contributed by atoms with Gasteiger partial charge in [0, 0.05) is 12.0 Å². The van der Waals surface area contributed by atoms with Crippen LogP contribution in [0.2, 0.25) is 0 Å². The Morgan fingerprint density at radius 3 is 1.87 bits per heavy atom. The first-order chi connectivity index (χ1) is 18.7. The van der Waals surface area contributed by atoms with Crippen LogP contribution >= 0.6 is 0 Å². The molecule has 0 radical (unpaired) electrons. The molecule has 9 heteroatoms. The molecule has 1 amide bonds. The van der Waals surface area contributed by atoms with Crippen LogP contribution in [-0.4, -0.2) is 29.4 Å². The fourth-order valence-corrected chi connectivity index (χ4v) is 3.80. The second-order valence-corrected chi connectivity index (χ2v) is 8.64. The van der Waals surface area contributed by atoms with E-state index in [1.54, 1.807) is 48.5 Å². The Bertz CT molecular complexity index is 1390. The molecule has 0 saturated carbocycles. The molecule has 4 aromatic rings. The topological polar surface area (TPSA) is 84.9 Å². The molecule has 0 saturated heterocycles. The van der Waals surface area contributed by atoms with E-state index in [0.29, 0.717) is 29.0 Å². The first kappa shape index (κ1) is 27.3. The molecule has 4 aromatic carbocycles. The van der Waals surface area contributed by atoms with Crippen LogP contribution in [-0.2, 0) is 17.8 Å². The predicted octanol–water partition coefficient (Wildman–Crippen LogP) is 6.26. The van der Waals surface area contributed by atoms with E-state index in [4.69, 9.17) is 4.74 Å². The number of benzene rings is 4. The van der Waals surface area contributed by atoms with Gasteiger partial charge in [-0.1, -0.05) is 66.7 Å². The van der Waals surface area contributed by atoms with E-state index in [0.717, 1.165) is 11.1 Å². The summed E-state index contributed by atoms with van der Waals surface area (Å²) in [5, 5.41) is 12.2. The zero-order chi connectivity index (χ0) is 27.8. The summed E-state index contributed by atoms with van der Waals surface area (Å²) in [6.07, 6.45) is -4.72. The third-order valence-corrected chi connectivity index (χ3v) is 5.78. The van der Waals surface area contributed by atoms with Gasteiger partial charge < -0.3 is 19.9 Å². The van der Waals surface area contributed by atoms with Crippen molar-refractivity contribution < 1.29 is 37.3 Å². The first-order valence-electron chi connectivity index (χ1n) is 11.9. The fraction of sp³-hybridized carbons (Fsp3) is 0.133. The van der Waals surface area contributed by atoms with Crippen molar-refractivity contribution in [2.45, 2.75) is 25.4 Å². The van der Waals surface area contributed by atoms with Gasteiger partial charge in [-0.3, -0.25) is 4.79 Å². The predicted molar refractivity (Wildman–Crippen MR) is 138 cm³/mol. The number of amides is 1. The molecule has 2 N–H and O–H groups in total. The van der Waals surface area contributed by atoms with Gasteiger partial charge in [0.2, 0.25) is 0 Å². The van der Waals surface area contributed by atoms with Gasteiger partial charge in [0.15, 0.2) is 0 Å². The van der Waals surface area contributed by atoms with Crippen LogP contribution in [0.5, 0.6) is 11.5 Å². The van der Waals surface area contributed by atoms with Crippen molar-refractivity contribution in [1.82, 2.24) is 5.32 Å².